The Bertz CT molecular complexity index is 179. The van der Waals surface area contributed by atoms with E-state index >= 15 is 0 Å². The third-order valence-corrected chi connectivity index (χ3v) is 1.49. The van der Waals surface area contributed by atoms with Crippen LogP contribution in [0.2, 0.25) is 0 Å². The molecule has 0 heterocycles. The van der Waals surface area contributed by atoms with Gasteiger partial charge in [0.2, 0.25) is 0 Å². The fraction of sp³-hybridized carbons (Fsp3) is 0.400. The van der Waals surface area contributed by atoms with Crippen LogP contribution in [0.25, 0.3) is 0 Å². The molecule has 1 aromatic carbocycles. The van der Waals surface area contributed by atoms with E-state index in [4.69, 9.17) is 0 Å². The molecule has 1 rings (SSSR count). The summed E-state index contributed by atoms with van der Waals surface area (Å²) >= 11 is 0. The number of hydrogen-bond donors (Lipinski definition) is 0. The zero-order valence-corrected chi connectivity index (χ0v) is 6.67. The van der Waals surface area contributed by atoms with Gasteiger partial charge in [0.05, 0.1) is 0 Å². The van der Waals surface area contributed by atoms with Gasteiger partial charge in [-0.05, 0) is 17.9 Å². The monoisotopic (exact) mass is 136 g/mol. The maximum Gasteiger partial charge on any atom is 0 e. The highest BCUT2D eigenvalue weighted by Gasteiger charge is 1.94. The molecular formula is C10H16. The lowest BCUT2D eigenvalue weighted by Crippen LogP contribution is -1.92. The van der Waals surface area contributed by atoms with Crippen LogP contribution >= 0.6 is 0 Å². The van der Waals surface area contributed by atoms with E-state index in [1.165, 1.54) is 12.0 Å². The Morgan fingerprint density at radius 2 is 1.80 bits per heavy atom. The van der Waals surface area contributed by atoms with Gasteiger partial charge < -0.3 is 0 Å². The van der Waals surface area contributed by atoms with E-state index in [-0.39, 0.29) is 1.43 Å². The Kier molecular flexibility index (Phi) is 2.49. The second-order valence-corrected chi connectivity index (χ2v) is 3.08. The lowest BCUT2D eigenvalue weighted by atomic mass is 10.0. The predicted octanol–water partition coefficient (Wildman–Crippen LogP) is 3.13. The smallest absolute Gasteiger partial charge is 0 e. The van der Waals surface area contributed by atoms with Crippen molar-refractivity contribution in [1.82, 2.24) is 0 Å². The first-order valence-electron chi connectivity index (χ1n) is 3.83. The summed E-state index contributed by atoms with van der Waals surface area (Å²) in [6, 6.07) is 10.6. The van der Waals surface area contributed by atoms with Crippen molar-refractivity contribution < 1.29 is 1.43 Å². The third kappa shape index (κ3) is 2.22. The van der Waals surface area contributed by atoms with Gasteiger partial charge in [-0.3, -0.25) is 0 Å². The molecule has 0 saturated carbocycles. The molecule has 1 aromatic rings. The van der Waals surface area contributed by atoms with Crippen LogP contribution < -0.4 is 0 Å². The summed E-state index contributed by atoms with van der Waals surface area (Å²) in [5.41, 5.74) is 1.44. The SMILES string of the molecule is CC(C)Cc1ccccc1.[HH]. The lowest BCUT2D eigenvalue weighted by molar-refractivity contribution is 0.647. The normalized spacial score (nSPS) is 10.3. The molecule has 0 unspecified atom stereocenters. The molecule has 56 valence electrons. The molecule has 0 nitrogen and oxygen atoms in total. The van der Waals surface area contributed by atoms with Crippen LogP contribution in [-0.2, 0) is 6.42 Å². The summed E-state index contributed by atoms with van der Waals surface area (Å²) < 4.78 is 0. The predicted molar refractivity (Wildman–Crippen MR) is 47.1 cm³/mol. The van der Waals surface area contributed by atoms with E-state index in [1.807, 2.05) is 0 Å². The quantitative estimate of drug-likeness (QED) is 0.586. The van der Waals surface area contributed by atoms with Crippen LogP contribution in [0.1, 0.15) is 20.8 Å². The Hall–Kier alpha value is -0.780. The van der Waals surface area contributed by atoms with Crippen molar-refractivity contribution in [2.24, 2.45) is 5.92 Å². The third-order valence-electron chi connectivity index (χ3n) is 1.49. The van der Waals surface area contributed by atoms with E-state index in [0.717, 1.165) is 5.92 Å². The van der Waals surface area contributed by atoms with E-state index in [1.54, 1.807) is 0 Å². The van der Waals surface area contributed by atoms with Crippen LogP contribution in [-0.4, -0.2) is 0 Å². The minimum absolute atomic E-state index is 0. The van der Waals surface area contributed by atoms with Gasteiger partial charge in [0.1, 0.15) is 0 Å². The van der Waals surface area contributed by atoms with Crippen molar-refractivity contribution in [3.05, 3.63) is 35.9 Å². The molecule has 0 heteroatoms. The van der Waals surface area contributed by atoms with Crippen molar-refractivity contribution in [2.75, 3.05) is 0 Å². The van der Waals surface area contributed by atoms with Crippen LogP contribution in [0.5, 0.6) is 0 Å². The molecule has 10 heavy (non-hydrogen) atoms. The van der Waals surface area contributed by atoms with Gasteiger partial charge in [0, 0.05) is 1.43 Å². The highest BCUT2D eigenvalue weighted by atomic mass is 14.0. The molecule has 0 radical (unpaired) electrons. The van der Waals surface area contributed by atoms with Crippen molar-refractivity contribution in [3.8, 4) is 0 Å². The fourth-order valence-corrected chi connectivity index (χ4v) is 1.09. The van der Waals surface area contributed by atoms with Crippen molar-refractivity contribution in [1.29, 1.82) is 0 Å². The minimum Gasteiger partial charge on any atom is -0.0625 e. The average Bonchev–Trinajstić information content (AvgIpc) is 1.88. The summed E-state index contributed by atoms with van der Waals surface area (Å²) in [7, 11) is 0. The largest absolute Gasteiger partial charge is 0.0625 e. The van der Waals surface area contributed by atoms with Crippen LogP contribution in [0.15, 0.2) is 30.3 Å². The van der Waals surface area contributed by atoms with Gasteiger partial charge >= 0.3 is 0 Å². The highest BCUT2D eigenvalue weighted by molar-refractivity contribution is 5.14. The molecule has 0 amide bonds. The summed E-state index contributed by atoms with van der Waals surface area (Å²) in [5, 5.41) is 0. The molecule has 0 saturated heterocycles. The second kappa shape index (κ2) is 3.40. The lowest BCUT2D eigenvalue weighted by Gasteiger charge is -2.02. The molecule has 0 aliphatic rings. The highest BCUT2D eigenvalue weighted by Crippen LogP contribution is 2.05. The summed E-state index contributed by atoms with van der Waals surface area (Å²) in [5.74, 6) is 0.766. The standard InChI is InChI=1S/C10H14.H2/c1-9(2)8-10-6-4-3-5-7-10;/h3-7,9H,8H2,1-2H3;1H. The Labute approximate surface area is 64.4 Å². The Balaban J connectivity index is 0.000001000. The summed E-state index contributed by atoms with van der Waals surface area (Å²) in [6.07, 6.45) is 1.20. The molecular weight excluding hydrogens is 120 g/mol. The molecule has 0 aromatic heterocycles. The molecule has 0 aliphatic heterocycles. The van der Waals surface area contributed by atoms with E-state index < -0.39 is 0 Å². The molecule has 0 N–H and O–H groups in total. The molecule has 0 aliphatic carbocycles. The van der Waals surface area contributed by atoms with Gasteiger partial charge in [0.25, 0.3) is 0 Å². The Morgan fingerprint density at radius 1 is 1.20 bits per heavy atom. The van der Waals surface area contributed by atoms with Crippen molar-refractivity contribution in [3.63, 3.8) is 0 Å². The number of hydrogen-bond acceptors (Lipinski definition) is 0. The molecule has 0 fully saturated rings. The Morgan fingerprint density at radius 3 is 2.30 bits per heavy atom. The maximum absolute atomic E-state index is 2.24. The maximum atomic E-state index is 2.24. The first-order valence-corrected chi connectivity index (χ1v) is 3.83. The molecule has 0 atom stereocenters. The number of benzene rings is 1. The van der Waals surface area contributed by atoms with Crippen LogP contribution in [0, 0.1) is 5.92 Å². The van der Waals surface area contributed by atoms with Gasteiger partial charge in [-0.15, -0.1) is 0 Å². The average molecular weight is 136 g/mol. The van der Waals surface area contributed by atoms with Crippen LogP contribution in [0.4, 0.5) is 0 Å². The van der Waals surface area contributed by atoms with E-state index in [0.29, 0.717) is 0 Å². The van der Waals surface area contributed by atoms with Gasteiger partial charge in [-0.1, -0.05) is 44.2 Å². The van der Waals surface area contributed by atoms with E-state index in [9.17, 15) is 0 Å². The van der Waals surface area contributed by atoms with Gasteiger partial charge in [-0.2, -0.15) is 0 Å². The second-order valence-electron chi connectivity index (χ2n) is 3.08. The van der Waals surface area contributed by atoms with Crippen molar-refractivity contribution >= 4 is 0 Å². The summed E-state index contributed by atoms with van der Waals surface area (Å²) in [6.45, 7) is 4.49. The van der Waals surface area contributed by atoms with Gasteiger partial charge in [-0.25, -0.2) is 0 Å². The summed E-state index contributed by atoms with van der Waals surface area (Å²) in [4.78, 5) is 0. The van der Waals surface area contributed by atoms with Gasteiger partial charge in [0.15, 0.2) is 0 Å². The minimum atomic E-state index is 0. The fourth-order valence-electron chi connectivity index (χ4n) is 1.09. The zero-order chi connectivity index (χ0) is 7.40. The first kappa shape index (κ1) is 7.33. The first-order chi connectivity index (χ1) is 4.79. The van der Waals surface area contributed by atoms with Crippen LogP contribution in [0.3, 0.4) is 0 Å². The van der Waals surface area contributed by atoms with Crippen molar-refractivity contribution in [2.45, 2.75) is 20.3 Å². The van der Waals surface area contributed by atoms with E-state index in [2.05, 4.69) is 44.2 Å². The number of rotatable bonds is 2. The molecule has 0 spiro atoms. The topological polar surface area (TPSA) is 0 Å². The molecule has 0 bridgehead atoms. The zero-order valence-electron chi connectivity index (χ0n) is 6.67.